The Balaban J connectivity index is 2.56. The van der Waals surface area contributed by atoms with E-state index in [1.807, 2.05) is 6.92 Å². The molecular formula is C12H20N2O3S. The number of sulfonamides is 1. The van der Waals surface area contributed by atoms with E-state index < -0.39 is 10.0 Å². The fourth-order valence-electron chi connectivity index (χ4n) is 1.51. The van der Waals surface area contributed by atoms with E-state index >= 15 is 0 Å². The zero-order valence-corrected chi connectivity index (χ0v) is 11.5. The summed E-state index contributed by atoms with van der Waals surface area (Å²) >= 11 is 0. The zero-order chi connectivity index (χ0) is 13.6. The molecule has 1 aromatic carbocycles. The van der Waals surface area contributed by atoms with Crippen LogP contribution in [0.15, 0.2) is 24.3 Å². The standard InChI is InChI=1S/C12H20N2O3S/c1-3-17-8-10(2)14-18(15,16)9-11-4-6-12(13)7-5-11/h4-7,10,14H,3,8-9,13H2,1-2H3. The third-order valence-electron chi connectivity index (χ3n) is 2.29. The molecule has 0 bridgehead atoms. The highest BCUT2D eigenvalue weighted by Gasteiger charge is 2.15. The number of hydrogen-bond donors (Lipinski definition) is 2. The number of anilines is 1. The number of nitrogen functional groups attached to an aromatic ring is 1. The Kier molecular flexibility index (Phi) is 5.58. The van der Waals surface area contributed by atoms with Crippen molar-refractivity contribution < 1.29 is 13.2 Å². The van der Waals surface area contributed by atoms with Crippen LogP contribution in [0.1, 0.15) is 19.4 Å². The minimum Gasteiger partial charge on any atom is -0.399 e. The van der Waals surface area contributed by atoms with Crippen molar-refractivity contribution in [2.24, 2.45) is 0 Å². The number of benzene rings is 1. The number of nitrogens with one attached hydrogen (secondary N) is 1. The van der Waals surface area contributed by atoms with Gasteiger partial charge in [0, 0.05) is 18.3 Å². The summed E-state index contributed by atoms with van der Waals surface area (Å²) in [4.78, 5) is 0. The van der Waals surface area contributed by atoms with Gasteiger partial charge in [0.25, 0.3) is 0 Å². The van der Waals surface area contributed by atoms with Gasteiger partial charge in [-0.1, -0.05) is 12.1 Å². The van der Waals surface area contributed by atoms with E-state index in [9.17, 15) is 8.42 Å². The molecule has 0 amide bonds. The first-order chi connectivity index (χ1) is 8.43. The summed E-state index contributed by atoms with van der Waals surface area (Å²) in [5.74, 6) is -0.0518. The molecule has 0 heterocycles. The molecule has 0 aliphatic heterocycles. The Morgan fingerprint density at radius 3 is 2.50 bits per heavy atom. The van der Waals surface area contributed by atoms with Gasteiger partial charge in [-0.2, -0.15) is 0 Å². The molecule has 0 spiro atoms. The van der Waals surface area contributed by atoms with Crippen molar-refractivity contribution in [2.45, 2.75) is 25.6 Å². The van der Waals surface area contributed by atoms with E-state index in [1.54, 1.807) is 31.2 Å². The normalized spacial score (nSPS) is 13.4. The largest absolute Gasteiger partial charge is 0.399 e. The highest BCUT2D eigenvalue weighted by Crippen LogP contribution is 2.09. The molecule has 18 heavy (non-hydrogen) atoms. The lowest BCUT2D eigenvalue weighted by Crippen LogP contribution is -2.36. The van der Waals surface area contributed by atoms with Gasteiger partial charge in [-0.3, -0.25) is 0 Å². The molecule has 0 saturated carbocycles. The molecule has 1 unspecified atom stereocenters. The molecule has 0 aromatic heterocycles. The number of hydrogen-bond acceptors (Lipinski definition) is 4. The summed E-state index contributed by atoms with van der Waals surface area (Å²) < 4.78 is 31.5. The minimum atomic E-state index is -3.35. The summed E-state index contributed by atoms with van der Waals surface area (Å²) in [5.41, 5.74) is 6.87. The summed E-state index contributed by atoms with van der Waals surface area (Å²) in [6.07, 6.45) is 0. The predicted molar refractivity (Wildman–Crippen MR) is 72.6 cm³/mol. The van der Waals surface area contributed by atoms with Crippen molar-refractivity contribution in [1.29, 1.82) is 0 Å². The van der Waals surface area contributed by atoms with Crippen molar-refractivity contribution >= 4 is 15.7 Å². The van der Waals surface area contributed by atoms with E-state index in [0.717, 1.165) is 0 Å². The molecule has 0 aliphatic carbocycles. The molecule has 5 nitrogen and oxygen atoms in total. The highest BCUT2D eigenvalue weighted by atomic mass is 32.2. The van der Waals surface area contributed by atoms with Crippen LogP contribution in [0.2, 0.25) is 0 Å². The van der Waals surface area contributed by atoms with Crippen molar-refractivity contribution in [1.82, 2.24) is 4.72 Å². The third-order valence-corrected chi connectivity index (χ3v) is 3.76. The maximum Gasteiger partial charge on any atom is 0.216 e. The van der Waals surface area contributed by atoms with Gasteiger partial charge < -0.3 is 10.5 Å². The number of nitrogens with two attached hydrogens (primary N) is 1. The molecule has 0 aliphatic rings. The summed E-state index contributed by atoms with van der Waals surface area (Å²) in [7, 11) is -3.35. The third kappa shape index (κ3) is 5.48. The maximum atomic E-state index is 11.9. The van der Waals surface area contributed by atoms with E-state index in [0.29, 0.717) is 24.5 Å². The lowest BCUT2D eigenvalue weighted by atomic mass is 10.2. The van der Waals surface area contributed by atoms with E-state index in [-0.39, 0.29) is 11.8 Å². The molecule has 102 valence electrons. The second kappa shape index (κ2) is 6.72. The van der Waals surface area contributed by atoms with Crippen molar-refractivity contribution in [3.8, 4) is 0 Å². The van der Waals surface area contributed by atoms with E-state index in [2.05, 4.69) is 4.72 Å². The molecule has 0 saturated heterocycles. The Morgan fingerprint density at radius 2 is 1.94 bits per heavy atom. The Morgan fingerprint density at radius 1 is 1.33 bits per heavy atom. The average molecular weight is 272 g/mol. The second-order valence-corrected chi connectivity index (χ2v) is 5.93. The first-order valence-corrected chi connectivity index (χ1v) is 7.50. The van der Waals surface area contributed by atoms with Gasteiger partial charge in [0.1, 0.15) is 0 Å². The Bertz CT molecular complexity index is 457. The molecule has 3 N–H and O–H groups in total. The molecule has 1 atom stereocenters. The van der Waals surface area contributed by atoms with Crippen LogP contribution < -0.4 is 10.5 Å². The van der Waals surface area contributed by atoms with Crippen LogP contribution in [0.3, 0.4) is 0 Å². The average Bonchev–Trinajstić information content (AvgIpc) is 2.28. The molecule has 0 radical (unpaired) electrons. The minimum absolute atomic E-state index is 0.0518. The zero-order valence-electron chi connectivity index (χ0n) is 10.7. The van der Waals surface area contributed by atoms with Crippen LogP contribution in [0.5, 0.6) is 0 Å². The van der Waals surface area contributed by atoms with Gasteiger partial charge in [-0.25, -0.2) is 13.1 Å². The number of rotatable bonds is 7. The first-order valence-electron chi connectivity index (χ1n) is 5.85. The summed E-state index contributed by atoms with van der Waals surface area (Å²) in [6, 6.07) is 6.57. The monoisotopic (exact) mass is 272 g/mol. The predicted octanol–water partition coefficient (Wildman–Crippen LogP) is 1.11. The lowest BCUT2D eigenvalue weighted by molar-refractivity contribution is 0.133. The smallest absolute Gasteiger partial charge is 0.216 e. The van der Waals surface area contributed by atoms with Gasteiger partial charge in [0.05, 0.1) is 12.4 Å². The van der Waals surface area contributed by atoms with Crippen LogP contribution in [-0.4, -0.2) is 27.7 Å². The quantitative estimate of drug-likeness (QED) is 0.729. The highest BCUT2D eigenvalue weighted by molar-refractivity contribution is 7.88. The topological polar surface area (TPSA) is 81.4 Å². The Labute approximate surface area is 108 Å². The first kappa shape index (κ1) is 14.9. The van der Waals surface area contributed by atoms with Crippen molar-refractivity contribution in [3.05, 3.63) is 29.8 Å². The fraction of sp³-hybridized carbons (Fsp3) is 0.500. The summed E-state index contributed by atoms with van der Waals surface area (Å²) in [5, 5.41) is 0. The van der Waals surface area contributed by atoms with Crippen LogP contribution in [0.25, 0.3) is 0 Å². The Hall–Kier alpha value is -1.11. The van der Waals surface area contributed by atoms with E-state index in [4.69, 9.17) is 10.5 Å². The maximum absolute atomic E-state index is 11.9. The van der Waals surface area contributed by atoms with E-state index in [1.165, 1.54) is 0 Å². The van der Waals surface area contributed by atoms with Crippen LogP contribution in [0.4, 0.5) is 5.69 Å². The second-order valence-electron chi connectivity index (χ2n) is 4.18. The van der Waals surface area contributed by atoms with Crippen LogP contribution in [-0.2, 0) is 20.5 Å². The lowest BCUT2D eigenvalue weighted by Gasteiger charge is -2.14. The molecule has 1 aromatic rings. The fourth-order valence-corrected chi connectivity index (χ4v) is 2.91. The van der Waals surface area contributed by atoms with Crippen molar-refractivity contribution in [3.63, 3.8) is 0 Å². The molecule has 0 fully saturated rings. The van der Waals surface area contributed by atoms with Crippen molar-refractivity contribution in [2.75, 3.05) is 18.9 Å². The molecular weight excluding hydrogens is 252 g/mol. The van der Waals surface area contributed by atoms with Gasteiger partial charge in [0.15, 0.2) is 0 Å². The van der Waals surface area contributed by atoms with Crippen LogP contribution >= 0.6 is 0 Å². The SMILES string of the molecule is CCOCC(C)NS(=O)(=O)Cc1ccc(N)cc1. The van der Waals surface area contributed by atoms with Gasteiger partial charge in [0.2, 0.25) is 10.0 Å². The molecule has 6 heteroatoms. The van der Waals surface area contributed by atoms with Gasteiger partial charge >= 0.3 is 0 Å². The van der Waals surface area contributed by atoms with Crippen LogP contribution in [0, 0.1) is 0 Å². The number of ether oxygens (including phenoxy) is 1. The van der Waals surface area contributed by atoms with Gasteiger partial charge in [-0.05, 0) is 31.5 Å². The summed E-state index contributed by atoms with van der Waals surface area (Å²) in [6.45, 7) is 4.59. The van der Waals surface area contributed by atoms with Gasteiger partial charge in [-0.15, -0.1) is 0 Å². The molecule has 1 rings (SSSR count).